The molecule has 0 bridgehead atoms. The van der Waals surface area contributed by atoms with E-state index in [1.807, 2.05) is 30.3 Å². The third-order valence-electron chi connectivity index (χ3n) is 2.48. The van der Waals surface area contributed by atoms with E-state index in [2.05, 4.69) is 31.3 Å². The molecule has 2 aromatic rings. The van der Waals surface area contributed by atoms with Gasteiger partial charge in [0.2, 0.25) is 5.82 Å². The van der Waals surface area contributed by atoms with Gasteiger partial charge in [0.25, 0.3) is 0 Å². The topological polar surface area (TPSA) is 43.6 Å². The average molecular weight is 295 g/mol. The first kappa shape index (κ1) is 12.2. The molecule has 0 saturated carbocycles. The van der Waals surface area contributed by atoms with Crippen molar-refractivity contribution in [1.29, 1.82) is 0 Å². The Morgan fingerprint density at radius 3 is 2.65 bits per heavy atom. The third-order valence-corrected chi connectivity index (χ3v) is 3.04. The molecule has 0 radical (unpaired) electrons. The van der Waals surface area contributed by atoms with Crippen LogP contribution in [0.2, 0.25) is 0 Å². The molecule has 0 aliphatic rings. The summed E-state index contributed by atoms with van der Waals surface area (Å²) in [5, 5.41) is 13.5. The van der Waals surface area contributed by atoms with E-state index in [0.717, 1.165) is 23.9 Å². The minimum atomic E-state index is 0.700. The van der Waals surface area contributed by atoms with E-state index in [1.165, 1.54) is 12.8 Å². The highest BCUT2D eigenvalue weighted by atomic mass is 79.9. The summed E-state index contributed by atoms with van der Waals surface area (Å²) < 4.78 is 0. The fraction of sp³-hybridized carbons (Fsp3) is 0.417. The number of alkyl halides is 1. The summed E-state index contributed by atoms with van der Waals surface area (Å²) >= 11 is 3.42. The quantitative estimate of drug-likeness (QED) is 0.608. The van der Waals surface area contributed by atoms with Crippen LogP contribution in [0.25, 0.3) is 11.4 Å². The van der Waals surface area contributed by atoms with Crippen LogP contribution in [0.4, 0.5) is 0 Å². The van der Waals surface area contributed by atoms with Gasteiger partial charge in [-0.15, -0.1) is 10.2 Å². The SMILES string of the molecule is BrCCCCCn1nnc(-c2ccccc2)n1. The minimum Gasteiger partial charge on any atom is -0.164 e. The van der Waals surface area contributed by atoms with E-state index < -0.39 is 0 Å². The molecule has 5 heteroatoms. The fourth-order valence-corrected chi connectivity index (χ4v) is 1.96. The van der Waals surface area contributed by atoms with Crippen LogP contribution in [0.3, 0.4) is 0 Å². The lowest BCUT2D eigenvalue weighted by Crippen LogP contribution is -2.02. The molecule has 0 fully saturated rings. The highest BCUT2D eigenvalue weighted by Crippen LogP contribution is 2.11. The normalized spacial score (nSPS) is 10.6. The second-order valence-corrected chi connectivity index (χ2v) is 4.62. The first-order valence-electron chi connectivity index (χ1n) is 5.79. The van der Waals surface area contributed by atoms with Crippen LogP contribution in [0.1, 0.15) is 19.3 Å². The Hall–Kier alpha value is -1.23. The first-order valence-corrected chi connectivity index (χ1v) is 6.91. The Bertz CT molecular complexity index is 441. The molecule has 0 unspecified atom stereocenters. The van der Waals surface area contributed by atoms with Gasteiger partial charge >= 0.3 is 0 Å². The molecule has 2 rings (SSSR count). The van der Waals surface area contributed by atoms with Gasteiger partial charge in [0.15, 0.2) is 0 Å². The Morgan fingerprint density at radius 2 is 1.88 bits per heavy atom. The van der Waals surface area contributed by atoms with E-state index in [0.29, 0.717) is 5.82 Å². The van der Waals surface area contributed by atoms with Gasteiger partial charge in [0, 0.05) is 10.9 Å². The molecular formula is C12H15BrN4. The van der Waals surface area contributed by atoms with Crippen LogP contribution in [-0.4, -0.2) is 25.5 Å². The van der Waals surface area contributed by atoms with Gasteiger partial charge in [-0.3, -0.25) is 0 Å². The predicted molar refractivity (Wildman–Crippen MR) is 70.9 cm³/mol. The lowest BCUT2D eigenvalue weighted by Gasteiger charge is -1.97. The molecule has 0 spiro atoms. The van der Waals surface area contributed by atoms with Crippen LogP contribution in [0.15, 0.2) is 30.3 Å². The largest absolute Gasteiger partial charge is 0.204 e. The lowest BCUT2D eigenvalue weighted by atomic mass is 10.2. The van der Waals surface area contributed by atoms with E-state index in [1.54, 1.807) is 4.80 Å². The summed E-state index contributed by atoms with van der Waals surface area (Å²) in [5.41, 5.74) is 1.01. The monoisotopic (exact) mass is 294 g/mol. The molecule has 0 atom stereocenters. The van der Waals surface area contributed by atoms with Crippen molar-refractivity contribution in [2.45, 2.75) is 25.8 Å². The maximum atomic E-state index is 4.36. The number of aryl methyl sites for hydroxylation is 1. The van der Waals surface area contributed by atoms with Gasteiger partial charge in [0.05, 0.1) is 6.54 Å². The second-order valence-electron chi connectivity index (χ2n) is 3.82. The number of hydrogen-bond donors (Lipinski definition) is 0. The molecule has 0 aliphatic heterocycles. The summed E-state index contributed by atoms with van der Waals surface area (Å²) in [4.78, 5) is 1.68. The highest BCUT2D eigenvalue weighted by molar-refractivity contribution is 9.09. The van der Waals surface area contributed by atoms with Crippen LogP contribution < -0.4 is 0 Å². The minimum absolute atomic E-state index is 0.700. The van der Waals surface area contributed by atoms with Gasteiger partial charge in [-0.25, -0.2) is 0 Å². The van der Waals surface area contributed by atoms with Crippen LogP contribution in [0, 0.1) is 0 Å². The maximum absolute atomic E-state index is 4.36. The number of rotatable bonds is 6. The Labute approximate surface area is 109 Å². The zero-order chi connectivity index (χ0) is 11.9. The van der Waals surface area contributed by atoms with Gasteiger partial charge in [-0.2, -0.15) is 4.80 Å². The number of halogens is 1. The molecule has 90 valence electrons. The van der Waals surface area contributed by atoms with Crippen molar-refractivity contribution in [3.63, 3.8) is 0 Å². The van der Waals surface area contributed by atoms with Gasteiger partial charge in [-0.1, -0.05) is 52.7 Å². The smallest absolute Gasteiger partial charge is 0.164 e. The molecule has 4 nitrogen and oxygen atoms in total. The van der Waals surface area contributed by atoms with Crippen LogP contribution >= 0.6 is 15.9 Å². The standard InChI is InChI=1S/C12H15BrN4/c13-9-5-2-6-10-17-15-12(14-16-17)11-7-3-1-4-8-11/h1,3-4,7-8H,2,5-6,9-10H2. The van der Waals surface area contributed by atoms with Gasteiger partial charge in [0.1, 0.15) is 0 Å². The number of nitrogens with zero attached hydrogens (tertiary/aromatic N) is 4. The number of tetrazole rings is 1. The van der Waals surface area contributed by atoms with Crippen LogP contribution in [-0.2, 0) is 6.54 Å². The van der Waals surface area contributed by atoms with E-state index >= 15 is 0 Å². The summed E-state index contributed by atoms with van der Waals surface area (Å²) in [6.45, 7) is 0.840. The zero-order valence-electron chi connectivity index (χ0n) is 9.59. The maximum Gasteiger partial charge on any atom is 0.204 e. The van der Waals surface area contributed by atoms with E-state index in [-0.39, 0.29) is 0 Å². The molecule has 0 N–H and O–H groups in total. The van der Waals surface area contributed by atoms with Crippen molar-refractivity contribution >= 4 is 15.9 Å². The van der Waals surface area contributed by atoms with Crippen molar-refractivity contribution < 1.29 is 0 Å². The molecule has 1 heterocycles. The van der Waals surface area contributed by atoms with Crippen molar-refractivity contribution in [2.24, 2.45) is 0 Å². The number of aromatic nitrogens is 4. The van der Waals surface area contributed by atoms with E-state index in [9.17, 15) is 0 Å². The number of benzene rings is 1. The number of hydrogen-bond acceptors (Lipinski definition) is 3. The predicted octanol–water partition coefficient (Wildman–Crippen LogP) is 2.91. The third kappa shape index (κ3) is 3.63. The van der Waals surface area contributed by atoms with Crippen LogP contribution in [0.5, 0.6) is 0 Å². The van der Waals surface area contributed by atoms with Crippen molar-refractivity contribution in [3.05, 3.63) is 30.3 Å². The summed E-state index contributed by atoms with van der Waals surface area (Å²) in [5.74, 6) is 0.700. The van der Waals surface area contributed by atoms with Crippen molar-refractivity contribution in [1.82, 2.24) is 20.2 Å². The van der Waals surface area contributed by atoms with Crippen molar-refractivity contribution in [3.8, 4) is 11.4 Å². The lowest BCUT2D eigenvalue weighted by molar-refractivity contribution is 0.487. The fourth-order valence-electron chi connectivity index (χ4n) is 1.57. The average Bonchev–Trinajstić information content (AvgIpc) is 2.85. The Kier molecular flexibility index (Phi) is 4.67. The summed E-state index contributed by atoms with van der Waals surface area (Å²) in [7, 11) is 0. The molecule has 0 aliphatic carbocycles. The Morgan fingerprint density at radius 1 is 1.06 bits per heavy atom. The zero-order valence-corrected chi connectivity index (χ0v) is 11.2. The molecule has 1 aromatic carbocycles. The van der Waals surface area contributed by atoms with Gasteiger partial charge in [-0.05, 0) is 18.1 Å². The molecule has 1 aromatic heterocycles. The molecular weight excluding hydrogens is 280 g/mol. The number of unbranched alkanes of at least 4 members (excludes halogenated alkanes) is 2. The van der Waals surface area contributed by atoms with Crippen molar-refractivity contribution in [2.75, 3.05) is 5.33 Å². The summed E-state index contributed by atoms with van der Waals surface area (Å²) in [6, 6.07) is 9.92. The molecule has 0 saturated heterocycles. The molecule has 17 heavy (non-hydrogen) atoms. The second kappa shape index (κ2) is 6.49. The first-order chi connectivity index (χ1) is 8.40. The van der Waals surface area contributed by atoms with Gasteiger partial charge < -0.3 is 0 Å². The highest BCUT2D eigenvalue weighted by Gasteiger charge is 2.04. The molecule has 0 amide bonds. The van der Waals surface area contributed by atoms with E-state index in [4.69, 9.17) is 0 Å². The summed E-state index contributed by atoms with van der Waals surface area (Å²) in [6.07, 6.45) is 3.48. The Balaban J connectivity index is 1.92.